The lowest BCUT2D eigenvalue weighted by Crippen LogP contribution is -2.45. The molecule has 1 fully saturated rings. The molecule has 0 heterocycles. The van der Waals surface area contributed by atoms with Crippen LogP contribution in [0.25, 0.3) is 0 Å². The Balaban J connectivity index is 2.47. The first-order chi connectivity index (χ1) is 7.45. The molecule has 1 aliphatic carbocycles. The Bertz CT molecular complexity index is 192. The average molecular weight is 225 g/mol. The number of nitrogens with one attached hydrogen (secondary N) is 1. The third kappa shape index (κ3) is 4.08. The average Bonchev–Trinajstić information content (AvgIpc) is 2.25. The summed E-state index contributed by atoms with van der Waals surface area (Å²) in [5.41, 5.74) is 0.466. The molecule has 3 atom stereocenters. The molecule has 16 heavy (non-hydrogen) atoms. The first-order valence-corrected chi connectivity index (χ1v) is 7.18. The summed E-state index contributed by atoms with van der Waals surface area (Å²) in [6.07, 6.45) is 6.95. The molecule has 1 aliphatic rings. The first kappa shape index (κ1) is 14.0. The van der Waals surface area contributed by atoms with Crippen LogP contribution in [0.3, 0.4) is 0 Å². The van der Waals surface area contributed by atoms with Crippen molar-refractivity contribution in [2.75, 3.05) is 6.54 Å². The maximum atomic E-state index is 3.83. The van der Waals surface area contributed by atoms with Crippen LogP contribution in [0.1, 0.15) is 66.7 Å². The highest BCUT2D eigenvalue weighted by Crippen LogP contribution is 2.37. The second-order valence-corrected chi connectivity index (χ2v) is 6.79. The predicted octanol–water partition coefficient (Wildman–Crippen LogP) is 4.23. The largest absolute Gasteiger partial charge is 0.313 e. The topological polar surface area (TPSA) is 12.0 Å². The minimum absolute atomic E-state index is 0.466. The van der Waals surface area contributed by atoms with Crippen LogP contribution in [0, 0.1) is 17.3 Å². The van der Waals surface area contributed by atoms with Crippen molar-refractivity contribution >= 4 is 0 Å². The molecule has 1 saturated carbocycles. The number of hydrogen-bond acceptors (Lipinski definition) is 1. The van der Waals surface area contributed by atoms with Gasteiger partial charge in [-0.15, -0.1) is 0 Å². The van der Waals surface area contributed by atoms with Crippen LogP contribution >= 0.6 is 0 Å². The Morgan fingerprint density at radius 3 is 2.38 bits per heavy atom. The molecule has 0 radical (unpaired) electrons. The van der Waals surface area contributed by atoms with Crippen LogP contribution in [-0.2, 0) is 0 Å². The molecule has 1 rings (SSSR count). The second-order valence-electron chi connectivity index (χ2n) is 6.79. The van der Waals surface area contributed by atoms with Gasteiger partial charge in [-0.05, 0) is 36.6 Å². The van der Waals surface area contributed by atoms with E-state index >= 15 is 0 Å². The van der Waals surface area contributed by atoms with Gasteiger partial charge in [0.25, 0.3) is 0 Å². The third-order valence-electron chi connectivity index (χ3n) is 4.30. The van der Waals surface area contributed by atoms with Crippen LogP contribution in [0.4, 0.5) is 0 Å². The van der Waals surface area contributed by atoms with E-state index in [-0.39, 0.29) is 0 Å². The molecule has 0 spiro atoms. The van der Waals surface area contributed by atoms with Crippen molar-refractivity contribution < 1.29 is 0 Å². The van der Waals surface area contributed by atoms with Gasteiger partial charge in [0, 0.05) is 6.04 Å². The van der Waals surface area contributed by atoms with Gasteiger partial charge in [-0.2, -0.15) is 0 Å². The third-order valence-corrected chi connectivity index (χ3v) is 4.30. The normalized spacial score (nSPS) is 29.1. The van der Waals surface area contributed by atoms with Gasteiger partial charge in [0.2, 0.25) is 0 Å². The van der Waals surface area contributed by atoms with Gasteiger partial charge in [-0.3, -0.25) is 0 Å². The van der Waals surface area contributed by atoms with Crippen LogP contribution in [0.5, 0.6) is 0 Å². The monoisotopic (exact) mass is 225 g/mol. The lowest BCUT2D eigenvalue weighted by Gasteiger charge is -2.41. The molecule has 0 aromatic rings. The number of hydrogen-bond donors (Lipinski definition) is 1. The summed E-state index contributed by atoms with van der Waals surface area (Å²) in [6.45, 7) is 13.0. The van der Waals surface area contributed by atoms with E-state index < -0.39 is 0 Å². The highest BCUT2D eigenvalue weighted by atomic mass is 14.9. The Morgan fingerprint density at radius 2 is 1.81 bits per heavy atom. The van der Waals surface area contributed by atoms with E-state index in [0.717, 1.165) is 17.9 Å². The SMILES string of the molecule is CCC(C)CNC1CCCCC1C(C)(C)C. The zero-order chi connectivity index (χ0) is 12.2. The molecular formula is C15H31N. The van der Waals surface area contributed by atoms with Gasteiger partial charge in [-0.1, -0.05) is 53.9 Å². The minimum Gasteiger partial charge on any atom is -0.313 e. The van der Waals surface area contributed by atoms with Crippen molar-refractivity contribution in [2.45, 2.75) is 72.8 Å². The Kier molecular flexibility index (Phi) is 5.30. The molecule has 0 aromatic heterocycles. The van der Waals surface area contributed by atoms with Gasteiger partial charge in [0.05, 0.1) is 0 Å². The molecular weight excluding hydrogens is 194 g/mol. The van der Waals surface area contributed by atoms with E-state index in [1.165, 1.54) is 38.6 Å². The molecule has 0 bridgehead atoms. The lowest BCUT2D eigenvalue weighted by atomic mass is 9.69. The number of rotatable bonds is 4. The maximum Gasteiger partial charge on any atom is 0.0100 e. The van der Waals surface area contributed by atoms with Crippen molar-refractivity contribution in [3.8, 4) is 0 Å². The lowest BCUT2D eigenvalue weighted by molar-refractivity contribution is 0.128. The van der Waals surface area contributed by atoms with Crippen molar-refractivity contribution in [1.82, 2.24) is 5.32 Å². The predicted molar refractivity (Wildman–Crippen MR) is 72.7 cm³/mol. The minimum atomic E-state index is 0.466. The van der Waals surface area contributed by atoms with E-state index in [4.69, 9.17) is 0 Å². The van der Waals surface area contributed by atoms with Crippen LogP contribution < -0.4 is 5.32 Å². The molecule has 1 heteroatoms. The quantitative estimate of drug-likeness (QED) is 0.755. The Hall–Kier alpha value is -0.0400. The van der Waals surface area contributed by atoms with E-state index in [2.05, 4.69) is 39.9 Å². The molecule has 3 unspecified atom stereocenters. The zero-order valence-electron chi connectivity index (χ0n) is 12.0. The molecule has 1 N–H and O–H groups in total. The summed E-state index contributed by atoms with van der Waals surface area (Å²) in [7, 11) is 0. The van der Waals surface area contributed by atoms with Gasteiger partial charge < -0.3 is 5.32 Å². The molecule has 0 amide bonds. The molecule has 1 nitrogen and oxygen atoms in total. The summed E-state index contributed by atoms with van der Waals surface area (Å²) in [5.74, 6) is 1.69. The van der Waals surface area contributed by atoms with E-state index in [1.807, 2.05) is 0 Å². The first-order valence-electron chi connectivity index (χ1n) is 7.18. The fourth-order valence-corrected chi connectivity index (χ4v) is 2.91. The highest BCUT2D eigenvalue weighted by molar-refractivity contribution is 4.88. The van der Waals surface area contributed by atoms with Crippen molar-refractivity contribution in [3.63, 3.8) is 0 Å². The van der Waals surface area contributed by atoms with Crippen molar-refractivity contribution in [2.24, 2.45) is 17.3 Å². The van der Waals surface area contributed by atoms with Crippen LogP contribution in [0.2, 0.25) is 0 Å². The smallest absolute Gasteiger partial charge is 0.0100 e. The Morgan fingerprint density at radius 1 is 1.19 bits per heavy atom. The molecule has 0 saturated heterocycles. The maximum absolute atomic E-state index is 3.83. The van der Waals surface area contributed by atoms with Gasteiger partial charge >= 0.3 is 0 Å². The van der Waals surface area contributed by atoms with Gasteiger partial charge in [-0.25, -0.2) is 0 Å². The van der Waals surface area contributed by atoms with E-state index in [0.29, 0.717) is 5.41 Å². The summed E-state index contributed by atoms with van der Waals surface area (Å²) < 4.78 is 0. The van der Waals surface area contributed by atoms with E-state index in [9.17, 15) is 0 Å². The summed E-state index contributed by atoms with van der Waals surface area (Å²) in [5, 5.41) is 3.83. The summed E-state index contributed by atoms with van der Waals surface area (Å²) in [6, 6.07) is 0.766. The van der Waals surface area contributed by atoms with Crippen molar-refractivity contribution in [1.29, 1.82) is 0 Å². The summed E-state index contributed by atoms with van der Waals surface area (Å²) in [4.78, 5) is 0. The van der Waals surface area contributed by atoms with E-state index in [1.54, 1.807) is 0 Å². The summed E-state index contributed by atoms with van der Waals surface area (Å²) >= 11 is 0. The standard InChI is InChI=1S/C15H31N/c1-6-12(2)11-16-14-10-8-7-9-13(14)15(3,4)5/h12-14,16H,6-11H2,1-5H3. The van der Waals surface area contributed by atoms with Crippen molar-refractivity contribution in [3.05, 3.63) is 0 Å². The fourth-order valence-electron chi connectivity index (χ4n) is 2.91. The van der Waals surface area contributed by atoms with Crippen LogP contribution in [-0.4, -0.2) is 12.6 Å². The van der Waals surface area contributed by atoms with Gasteiger partial charge in [0.15, 0.2) is 0 Å². The van der Waals surface area contributed by atoms with Gasteiger partial charge in [0.1, 0.15) is 0 Å². The zero-order valence-corrected chi connectivity index (χ0v) is 12.0. The molecule has 0 aliphatic heterocycles. The molecule has 0 aromatic carbocycles. The fraction of sp³-hybridized carbons (Fsp3) is 1.00. The second kappa shape index (κ2) is 6.05. The highest BCUT2D eigenvalue weighted by Gasteiger charge is 2.33. The molecule has 96 valence electrons. The Labute approximate surface area is 102 Å². The van der Waals surface area contributed by atoms with Crippen LogP contribution in [0.15, 0.2) is 0 Å².